The predicted molar refractivity (Wildman–Crippen MR) is 65.6 cm³/mol. The maximum absolute atomic E-state index is 12.0. The van der Waals surface area contributed by atoms with Crippen LogP contribution in [0.15, 0.2) is 0 Å². The fraction of sp³-hybridized carbons (Fsp3) is 1.00. The molecular weight excluding hydrogens is 240 g/mol. The fourth-order valence-electron chi connectivity index (χ4n) is 2.29. The number of nitrogens with zero attached hydrogens (tertiary/aromatic N) is 1. The molecule has 2 atom stereocenters. The van der Waals surface area contributed by atoms with Crippen molar-refractivity contribution in [2.24, 2.45) is 11.8 Å². The van der Waals surface area contributed by atoms with Gasteiger partial charge in [0.15, 0.2) is 0 Å². The summed E-state index contributed by atoms with van der Waals surface area (Å²) < 4.78 is 28.0. The average molecular weight is 262 g/mol. The van der Waals surface area contributed by atoms with Gasteiger partial charge >= 0.3 is 0 Å². The van der Waals surface area contributed by atoms with E-state index in [1.165, 1.54) is 4.31 Å². The number of aliphatic hydroxyl groups excluding tert-OH is 1. The lowest BCUT2D eigenvalue weighted by Gasteiger charge is -2.30. The topological polar surface area (TPSA) is 69.6 Å². The summed E-state index contributed by atoms with van der Waals surface area (Å²) in [6.45, 7) is 3.41. The van der Waals surface area contributed by atoms with E-state index >= 15 is 0 Å². The molecule has 2 unspecified atom stereocenters. The van der Waals surface area contributed by atoms with Crippen LogP contribution < -0.4 is 4.72 Å². The monoisotopic (exact) mass is 262 g/mol. The lowest BCUT2D eigenvalue weighted by atomic mass is 10.0. The lowest BCUT2D eigenvalue weighted by molar-refractivity contribution is 0.154. The first-order chi connectivity index (χ1) is 7.99. The second-order valence-corrected chi connectivity index (χ2v) is 7.12. The number of aliphatic hydroxyl groups is 1. The van der Waals surface area contributed by atoms with Gasteiger partial charge in [0, 0.05) is 19.6 Å². The van der Waals surface area contributed by atoms with E-state index in [0.717, 1.165) is 25.7 Å². The summed E-state index contributed by atoms with van der Waals surface area (Å²) >= 11 is 0. The second-order valence-electron chi connectivity index (χ2n) is 5.36. The van der Waals surface area contributed by atoms with Crippen LogP contribution in [-0.2, 0) is 10.2 Å². The molecule has 1 saturated heterocycles. The number of hydrogen-bond acceptors (Lipinski definition) is 3. The predicted octanol–water partition coefficient (Wildman–Crippen LogP) is 0.324. The zero-order valence-electron chi connectivity index (χ0n) is 10.3. The van der Waals surface area contributed by atoms with Crippen LogP contribution in [0.25, 0.3) is 0 Å². The molecule has 5 nitrogen and oxygen atoms in total. The molecule has 0 aromatic carbocycles. The third-order valence-electron chi connectivity index (χ3n) is 3.60. The highest BCUT2D eigenvalue weighted by molar-refractivity contribution is 7.87. The molecule has 1 saturated carbocycles. The van der Waals surface area contributed by atoms with Crippen LogP contribution in [0.1, 0.15) is 32.6 Å². The molecule has 2 rings (SSSR count). The van der Waals surface area contributed by atoms with Gasteiger partial charge in [-0.2, -0.15) is 17.4 Å². The molecule has 0 aromatic heterocycles. The molecule has 2 aliphatic rings. The number of rotatable bonds is 5. The van der Waals surface area contributed by atoms with Crippen LogP contribution in [0.2, 0.25) is 0 Å². The highest BCUT2D eigenvalue weighted by Crippen LogP contribution is 2.32. The van der Waals surface area contributed by atoms with Crippen LogP contribution in [-0.4, -0.2) is 43.6 Å². The Balaban J connectivity index is 1.84. The quantitative estimate of drug-likeness (QED) is 0.750. The third kappa shape index (κ3) is 3.64. The van der Waals surface area contributed by atoms with Gasteiger partial charge in [-0.15, -0.1) is 0 Å². The molecule has 6 heteroatoms. The molecule has 2 N–H and O–H groups in total. The van der Waals surface area contributed by atoms with Crippen LogP contribution in [0, 0.1) is 11.8 Å². The summed E-state index contributed by atoms with van der Waals surface area (Å²) in [5.74, 6) is 0.728. The Morgan fingerprint density at radius 2 is 2.12 bits per heavy atom. The highest BCUT2D eigenvalue weighted by Gasteiger charge is 2.32. The van der Waals surface area contributed by atoms with E-state index in [4.69, 9.17) is 0 Å². The Kier molecular flexibility index (Phi) is 4.07. The van der Waals surface area contributed by atoms with Crippen LogP contribution in [0.3, 0.4) is 0 Å². The van der Waals surface area contributed by atoms with Crippen LogP contribution in [0.4, 0.5) is 0 Å². The first-order valence-electron chi connectivity index (χ1n) is 6.42. The molecule has 1 aliphatic carbocycles. The van der Waals surface area contributed by atoms with Gasteiger partial charge in [0.25, 0.3) is 10.2 Å². The molecule has 0 radical (unpaired) electrons. The Bertz CT molecular complexity index is 354. The van der Waals surface area contributed by atoms with Crippen molar-refractivity contribution in [1.29, 1.82) is 0 Å². The first kappa shape index (κ1) is 13.3. The van der Waals surface area contributed by atoms with Crippen LogP contribution in [0.5, 0.6) is 0 Å². The van der Waals surface area contributed by atoms with Gasteiger partial charge in [-0.05, 0) is 37.5 Å². The van der Waals surface area contributed by atoms with E-state index in [2.05, 4.69) is 11.6 Å². The van der Waals surface area contributed by atoms with E-state index < -0.39 is 16.3 Å². The third-order valence-corrected chi connectivity index (χ3v) is 5.14. The largest absolute Gasteiger partial charge is 0.391 e. The Hall–Kier alpha value is -0.170. The maximum Gasteiger partial charge on any atom is 0.279 e. The normalized spacial score (nSPS) is 29.2. The summed E-state index contributed by atoms with van der Waals surface area (Å²) in [7, 11) is -3.39. The van der Waals surface area contributed by atoms with Crippen molar-refractivity contribution in [3.8, 4) is 0 Å². The average Bonchev–Trinajstić information content (AvgIpc) is 3.10. The van der Waals surface area contributed by atoms with Crippen LogP contribution >= 0.6 is 0 Å². The van der Waals surface area contributed by atoms with Gasteiger partial charge in [-0.1, -0.05) is 6.92 Å². The van der Waals surface area contributed by atoms with Gasteiger partial charge in [0.05, 0.1) is 6.10 Å². The van der Waals surface area contributed by atoms with Gasteiger partial charge in [-0.3, -0.25) is 0 Å². The zero-order chi connectivity index (χ0) is 12.5. The Labute approximate surface area is 103 Å². The van der Waals surface area contributed by atoms with E-state index in [1.54, 1.807) is 0 Å². The molecule has 100 valence electrons. The molecule has 0 bridgehead atoms. The van der Waals surface area contributed by atoms with Crippen molar-refractivity contribution in [3.63, 3.8) is 0 Å². The molecule has 1 aliphatic heterocycles. The number of hydrogen-bond donors (Lipinski definition) is 2. The first-order valence-corrected chi connectivity index (χ1v) is 7.86. The smallest absolute Gasteiger partial charge is 0.279 e. The molecule has 17 heavy (non-hydrogen) atoms. The summed E-state index contributed by atoms with van der Waals surface area (Å²) in [4.78, 5) is 0. The van der Waals surface area contributed by atoms with Crippen molar-refractivity contribution in [1.82, 2.24) is 9.03 Å². The molecule has 0 aromatic rings. The van der Waals surface area contributed by atoms with Gasteiger partial charge in [0.1, 0.15) is 0 Å². The van der Waals surface area contributed by atoms with Crippen molar-refractivity contribution >= 4 is 10.2 Å². The SMILES string of the molecule is CC1CCCN(S(=O)(=O)NCC(O)C2CC2)C1. The number of nitrogens with one attached hydrogen (secondary N) is 1. The van der Waals surface area contributed by atoms with Crippen molar-refractivity contribution < 1.29 is 13.5 Å². The molecule has 1 heterocycles. The van der Waals surface area contributed by atoms with Crippen molar-refractivity contribution in [2.75, 3.05) is 19.6 Å². The number of piperidine rings is 1. The molecular formula is C11H22N2O3S. The van der Waals surface area contributed by atoms with Gasteiger partial charge in [0.2, 0.25) is 0 Å². The van der Waals surface area contributed by atoms with Gasteiger partial charge in [-0.25, -0.2) is 0 Å². The van der Waals surface area contributed by atoms with E-state index in [1.807, 2.05) is 0 Å². The second kappa shape index (κ2) is 5.22. The summed E-state index contributed by atoms with van der Waals surface area (Å²) in [5.41, 5.74) is 0. The lowest BCUT2D eigenvalue weighted by Crippen LogP contribution is -2.47. The minimum atomic E-state index is -3.39. The zero-order valence-corrected chi connectivity index (χ0v) is 11.1. The van der Waals surface area contributed by atoms with E-state index in [0.29, 0.717) is 24.9 Å². The van der Waals surface area contributed by atoms with E-state index in [-0.39, 0.29) is 6.54 Å². The Morgan fingerprint density at radius 3 is 2.71 bits per heavy atom. The fourth-order valence-corrected chi connectivity index (χ4v) is 3.68. The minimum absolute atomic E-state index is 0.151. The molecule has 0 spiro atoms. The molecule has 2 fully saturated rings. The summed E-state index contributed by atoms with van der Waals surface area (Å²) in [5, 5.41) is 9.66. The summed E-state index contributed by atoms with van der Waals surface area (Å²) in [6.07, 6.45) is 3.53. The minimum Gasteiger partial charge on any atom is -0.391 e. The van der Waals surface area contributed by atoms with Crippen molar-refractivity contribution in [2.45, 2.75) is 38.7 Å². The Morgan fingerprint density at radius 1 is 1.41 bits per heavy atom. The standard InChI is InChI=1S/C11H22N2O3S/c1-9-3-2-6-13(8-9)17(15,16)12-7-11(14)10-4-5-10/h9-12,14H,2-8H2,1H3. The van der Waals surface area contributed by atoms with Crippen molar-refractivity contribution in [3.05, 3.63) is 0 Å². The molecule has 0 amide bonds. The highest BCUT2D eigenvalue weighted by atomic mass is 32.2. The maximum atomic E-state index is 12.0. The van der Waals surface area contributed by atoms with Gasteiger partial charge < -0.3 is 5.11 Å². The van der Waals surface area contributed by atoms with E-state index in [9.17, 15) is 13.5 Å². The summed E-state index contributed by atoms with van der Waals surface area (Å²) in [6, 6.07) is 0.